The minimum absolute atomic E-state index is 0.126. The van der Waals surface area contributed by atoms with Gasteiger partial charge in [-0.05, 0) is 6.92 Å². The fourth-order valence-electron chi connectivity index (χ4n) is 1.90. The van der Waals surface area contributed by atoms with Crippen molar-refractivity contribution in [3.05, 3.63) is 24.3 Å². The summed E-state index contributed by atoms with van der Waals surface area (Å²) in [5.41, 5.74) is -0.140. The van der Waals surface area contributed by atoms with E-state index in [9.17, 15) is 24.0 Å². The molecule has 13 heteroatoms. The van der Waals surface area contributed by atoms with E-state index in [4.69, 9.17) is 10.2 Å². The van der Waals surface area contributed by atoms with Crippen molar-refractivity contribution in [1.82, 2.24) is 10.2 Å². The lowest BCUT2D eigenvalue weighted by Gasteiger charge is -2.18. The van der Waals surface area contributed by atoms with Crippen LogP contribution in [0.5, 0.6) is 0 Å². The third-order valence-electron chi connectivity index (χ3n) is 3.46. The van der Waals surface area contributed by atoms with Crippen LogP contribution in [0.2, 0.25) is 0 Å². The van der Waals surface area contributed by atoms with Gasteiger partial charge in [-0.3, -0.25) is 19.3 Å². The average Bonchev–Trinajstić information content (AvgIpc) is 2.70. The number of aliphatic hydroxyl groups is 1. The number of aliphatic carboxylic acids is 1. The van der Waals surface area contributed by atoms with Crippen molar-refractivity contribution in [2.45, 2.75) is 13.3 Å². The number of rotatable bonds is 17. The van der Waals surface area contributed by atoms with Gasteiger partial charge >= 0.3 is 29.8 Å². The summed E-state index contributed by atoms with van der Waals surface area (Å²) in [6.45, 7) is 6.79. The molecule has 0 aliphatic heterocycles. The van der Waals surface area contributed by atoms with E-state index in [0.29, 0.717) is 0 Å². The monoisotopic (exact) mass is 460 g/mol. The summed E-state index contributed by atoms with van der Waals surface area (Å²) in [4.78, 5) is 58.1. The zero-order valence-electron chi connectivity index (χ0n) is 17.8. The maximum Gasteiger partial charge on any atom is 0.336 e. The van der Waals surface area contributed by atoms with Crippen LogP contribution in [0.1, 0.15) is 13.3 Å². The van der Waals surface area contributed by atoms with E-state index in [-0.39, 0.29) is 50.5 Å². The minimum atomic E-state index is -1.04. The Labute approximate surface area is 184 Å². The average molecular weight is 460 g/mol. The van der Waals surface area contributed by atoms with Gasteiger partial charge in [0, 0.05) is 30.8 Å². The molecule has 13 nitrogen and oxygen atoms in total. The fraction of sp³-hybridized carbons (Fsp3) is 0.526. The Bertz CT molecular complexity index is 705. The molecule has 0 bridgehead atoms. The molecule has 0 fully saturated rings. The standard InChI is InChI=1S/C19H28N2O11/c1-13(2)18(27)31-11-29-16(25)8-14(3)19(28)32-12-30-17(26)9-20-4-5-21(6-7-22)10-15(23)24/h20,22H,1,3-12H2,2H3,(H,23,24). The van der Waals surface area contributed by atoms with Crippen molar-refractivity contribution >= 4 is 29.8 Å². The summed E-state index contributed by atoms with van der Waals surface area (Å²) < 4.78 is 18.5. The van der Waals surface area contributed by atoms with E-state index in [0.717, 1.165) is 0 Å². The molecule has 0 atom stereocenters. The zero-order valence-corrected chi connectivity index (χ0v) is 17.8. The summed E-state index contributed by atoms with van der Waals surface area (Å²) in [5.74, 6) is -4.40. The molecule has 3 N–H and O–H groups in total. The Morgan fingerprint density at radius 1 is 0.906 bits per heavy atom. The Balaban J connectivity index is 3.99. The highest BCUT2D eigenvalue weighted by molar-refractivity contribution is 5.93. The van der Waals surface area contributed by atoms with Crippen LogP contribution in [0.25, 0.3) is 0 Å². The molecule has 0 aliphatic carbocycles. The Morgan fingerprint density at radius 3 is 2.06 bits per heavy atom. The van der Waals surface area contributed by atoms with Crippen LogP contribution in [0, 0.1) is 0 Å². The van der Waals surface area contributed by atoms with Crippen LogP contribution >= 0.6 is 0 Å². The van der Waals surface area contributed by atoms with E-state index in [2.05, 4.69) is 37.4 Å². The molecule has 0 spiro atoms. The summed E-state index contributed by atoms with van der Waals surface area (Å²) >= 11 is 0. The van der Waals surface area contributed by atoms with Crippen molar-refractivity contribution in [2.24, 2.45) is 0 Å². The van der Waals surface area contributed by atoms with E-state index in [1.54, 1.807) is 0 Å². The maximum absolute atomic E-state index is 11.7. The molecular weight excluding hydrogens is 432 g/mol. The summed E-state index contributed by atoms with van der Waals surface area (Å²) in [5, 5.41) is 20.3. The first kappa shape index (κ1) is 28.7. The van der Waals surface area contributed by atoms with Gasteiger partial charge in [0.25, 0.3) is 0 Å². The third kappa shape index (κ3) is 14.7. The highest BCUT2D eigenvalue weighted by atomic mass is 16.7. The fourth-order valence-corrected chi connectivity index (χ4v) is 1.90. The first-order chi connectivity index (χ1) is 15.1. The van der Waals surface area contributed by atoms with Gasteiger partial charge in [0.2, 0.25) is 13.6 Å². The molecule has 0 saturated heterocycles. The van der Waals surface area contributed by atoms with Crippen LogP contribution < -0.4 is 5.32 Å². The number of carbonyl (C=O) groups is 5. The molecule has 0 amide bonds. The van der Waals surface area contributed by atoms with Gasteiger partial charge in [-0.25, -0.2) is 9.59 Å². The number of esters is 4. The van der Waals surface area contributed by atoms with Gasteiger partial charge in [0.05, 0.1) is 26.1 Å². The molecule has 0 rings (SSSR count). The molecule has 32 heavy (non-hydrogen) atoms. The van der Waals surface area contributed by atoms with E-state index < -0.39 is 49.9 Å². The Morgan fingerprint density at radius 2 is 1.50 bits per heavy atom. The quantitative estimate of drug-likeness (QED) is 0.0996. The number of hydrogen-bond acceptors (Lipinski definition) is 12. The first-order valence-corrected chi connectivity index (χ1v) is 9.31. The van der Waals surface area contributed by atoms with Crippen molar-refractivity contribution in [3.63, 3.8) is 0 Å². The van der Waals surface area contributed by atoms with Crippen molar-refractivity contribution in [2.75, 3.05) is 52.9 Å². The van der Waals surface area contributed by atoms with E-state index in [1.165, 1.54) is 11.8 Å². The van der Waals surface area contributed by atoms with Gasteiger partial charge in [0.1, 0.15) is 0 Å². The normalized spacial score (nSPS) is 10.2. The second-order valence-corrected chi connectivity index (χ2v) is 6.26. The number of aliphatic hydroxyl groups excluding tert-OH is 1. The van der Waals surface area contributed by atoms with Crippen LogP contribution in [0.3, 0.4) is 0 Å². The Hall–Kier alpha value is -3.29. The van der Waals surface area contributed by atoms with Crippen LogP contribution in [0.4, 0.5) is 0 Å². The molecule has 0 aliphatic rings. The number of ether oxygens (including phenoxy) is 4. The molecule has 0 aromatic carbocycles. The SMILES string of the molecule is C=C(C)C(=O)OCOC(=O)CC(=C)C(=O)OCOC(=O)CNCCN(CCO)CC(=O)O. The Kier molecular flexibility index (Phi) is 14.7. The highest BCUT2D eigenvalue weighted by Gasteiger charge is 2.16. The van der Waals surface area contributed by atoms with Gasteiger partial charge < -0.3 is 34.5 Å². The second-order valence-electron chi connectivity index (χ2n) is 6.26. The zero-order chi connectivity index (χ0) is 24.5. The number of hydrogen-bond donors (Lipinski definition) is 3. The van der Waals surface area contributed by atoms with Crippen molar-refractivity contribution in [3.8, 4) is 0 Å². The maximum atomic E-state index is 11.7. The van der Waals surface area contributed by atoms with E-state index in [1.807, 2.05) is 0 Å². The topological polar surface area (TPSA) is 178 Å². The predicted octanol–water partition coefficient (Wildman–Crippen LogP) is -1.43. The molecule has 180 valence electrons. The number of nitrogens with zero attached hydrogens (tertiary/aromatic N) is 1. The molecule has 0 saturated carbocycles. The lowest BCUT2D eigenvalue weighted by Crippen LogP contribution is -2.39. The predicted molar refractivity (Wildman–Crippen MR) is 107 cm³/mol. The van der Waals surface area contributed by atoms with Crippen molar-refractivity contribution in [1.29, 1.82) is 0 Å². The molecule has 0 aromatic rings. The van der Waals surface area contributed by atoms with Crippen molar-refractivity contribution < 1.29 is 53.1 Å². The summed E-state index contributed by atoms with van der Waals surface area (Å²) in [6, 6.07) is 0. The third-order valence-corrected chi connectivity index (χ3v) is 3.46. The molecule has 0 unspecified atom stereocenters. The lowest BCUT2D eigenvalue weighted by atomic mass is 10.2. The van der Waals surface area contributed by atoms with Gasteiger partial charge in [-0.15, -0.1) is 0 Å². The van der Waals surface area contributed by atoms with Crippen LogP contribution in [-0.4, -0.2) is 97.9 Å². The number of nitrogens with one attached hydrogen (secondary N) is 1. The first-order valence-electron chi connectivity index (χ1n) is 9.31. The number of carboxylic acids is 1. The largest absolute Gasteiger partial charge is 0.480 e. The van der Waals surface area contributed by atoms with Gasteiger partial charge in [-0.2, -0.15) is 0 Å². The minimum Gasteiger partial charge on any atom is -0.480 e. The number of carbonyl (C=O) groups excluding carboxylic acids is 4. The molecular formula is C19H28N2O11. The lowest BCUT2D eigenvalue weighted by molar-refractivity contribution is -0.168. The van der Waals surface area contributed by atoms with E-state index >= 15 is 0 Å². The summed E-state index contributed by atoms with van der Waals surface area (Å²) in [7, 11) is 0. The summed E-state index contributed by atoms with van der Waals surface area (Å²) in [6.07, 6.45) is -0.528. The second kappa shape index (κ2) is 16.4. The van der Waals surface area contributed by atoms with Crippen LogP contribution in [0.15, 0.2) is 24.3 Å². The smallest absolute Gasteiger partial charge is 0.336 e. The number of carboxylic acid groups (broad SMARTS) is 1. The van der Waals surface area contributed by atoms with Gasteiger partial charge in [-0.1, -0.05) is 13.2 Å². The molecule has 0 heterocycles. The highest BCUT2D eigenvalue weighted by Crippen LogP contribution is 2.04. The van der Waals surface area contributed by atoms with Gasteiger partial charge in [0.15, 0.2) is 0 Å². The molecule has 0 aromatic heterocycles. The molecule has 0 radical (unpaired) electrons. The van der Waals surface area contributed by atoms with Crippen LogP contribution in [-0.2, 0) is 42.9 Å².